The van der Waals surface area contributed by atoms with Crippen molar-refractivity contribution < 1.29 is 23.8 Å². The van der Waals surface area contributed by atoms with Crippen LogP contribution in [0.3, 0.4) is 0 Å². The highest BCUT2D eigenvalue weighted by Crippen LogP contribution is 2.28. The molecule has 2 amide bonds. The second-order valence-electron chi connectivity index (χ2n) is 6.86. The van der Waals surface area contributed by atoms with Crippen molar-refractivity contribution >= 4 is 35.7 Å². The first-order valence-electron chi connectivity index (χ1n) is 10.2. The molecule has 2 aromatic carbocycles. The van der Waals surface area contributed by atoms with Gasteiger partial charge in [0.25, 0.3) is 0 Å². The maximum atomic E-state index is 12.0. The number of hydrogen-bond donors (Lipinski definition) is 3. The van der Waals surface area contributed by atoms with Crippen molar-refractivity contribution in [3.8, 4) is 17.2 Å². The summed E-state index contributed by atoms with van der Waals surface area (Å²) in [7, 11) is 4.73. The predicted octanol–water partition coefficient (Wildman–Crippen LogP) is 2.48. The molecule has 10 nitrogen and oxygen atoms in total. The molecule has 3 N–H and O–H groups in total. The van der Waals surface area contributed by atoms with E-state index in [-0.39, 0.29) is 24.0 Å². The van der Waals surface area contributed by atoms with Crippen LogP contribution in [0.25, 0.3) is 12.2 Å². The molecule has 34 heavy (non-hydrogen) atoms. The van der Waals surface area contributed by atoms with Gasteiger partial charge in [0.15, 0.2) is 11.5 Å². The van der Waals surface area contributed by atoms with Crippen LogP contribution in [-0.4, -0.2) is 54.1 Å². The fourth-order valence-electron chi connectivity index (χ4n) is 2.81. The standard InChI is InChI=1S/C23H25N5O5S/c1-31-17-8-4-16(5-9-17)13-21(29)26-27-22(30)14-34-23-24-20(25-28-23)11-7-15-6-10-18(32-2)19(12-15)33-3/h4-12H,13-14H2,1-3H3,(H,26,29)(H,27,30)(H,24,25,28). The molecule has 0 saturated carbocycles. The zero-order chi connectivity index (χ0) is 24.3. The quantitative estimate of drug-likeness (QED) is 0.296. The summed E-state index contributed by atoms with van der Waals surface area (Å²) in [6, 6.07) is 12.7. The van der Waals surface area contributed by atoms with Gasteiger partial charge in [-0.15, -0.1) is 5.10 Å². The SMILES string of the molecule is COc1ccc(CC(=O)NNC(=O)CSc2n[nH]c(C=Cc3ccc(OC)c(OC)c3)n2)cc1. The van der Waals surface area contributed by atoms with Crippen molar-refractivity contribution in [2.24, 2.45) is 0 Å². The number of amides is 2. The number of benzene rings is 2. The summed E-state index contributed by atoms with van der Waals surface area (Å²) in [4.78, 5) is 28.3. The maximum absolute atomic E-state index is 12.0. The third kappa shape index (κ3) is 7.27. The first-order chi connectivity index (χ1) is 16.5. The number of aromatic amines is 1. The highest BCUT2D eigenvalue weighted by molar-refractivity contribution is 7.99. The number of hydrazine groups is 1. The van der Waals surface area contributed by atoms with E-state index in [1.54, 1.807) is 51.7 Å². The lowest BCUT2D eigenvalue weighted by atomic mass is 10.1. The number of thioether (sulfide) groups is 1. The number of aromatic nitrogens is 3. The van der Waals surface area contributed by atoms with Crippen LogP contribution >= 0.6 is 11.8 Å². The molecule has 0 atom stereocenters. The largest absolute Gasteiger partial charge is 0.497 e. The van der Waals surface area contributed by atoms with Crippen LogP contribution in [-0.2, 0) is 16.0 Å². The van der Waals surface area contributed by atoms with Crippen LogP contribution in [0.2, 0.25) is 0 Å². The van der Waals surface area contributed by atoms with E-state index >= 15 is 0 Å². The van der Waals surface area contributed by atoms with Crippen molar-refractivity contribution in [1.82, 2.24) is 26.0 Å². The first-order valence-corrected chi connectivity index (χ1v) is 11.1. The highest BCUT2D eigenvalue weighted by Gasteiger charge is 2.09. The number of nitrogens with zero attached hydrogens (tertiary/aromatic N) is 2. The maximum Gasteiger partial charge on any atom is 0.248 e. The summed E-state index contributed by atoms with van der Waals surface area (Å²) in [5.74, 6) is 1.85. The van der Waals surface area contributed by atoms with Crippen LogP contribution in [0.4, 0.5) is 0 Å². The van der Waals surface area contributed by atoms with Gasteiger partial charge in [-0.2, -0.15) is 0 Å². The summed E-state index contributed by atoms with van der Waals surface area (Å²) >= 11 is 1.14. The molecule has 3 aromatic rings. The molecule has 1 aromatic heterocycles. The van der Waals surface area contributed by atoms with Gasteiger partial charge < -0.3 is 14.2 Å². The molecule has 0 aliphatic heterocycles. The molecule has 1 heterocycles. The fourth-order valence-corrected chi connectivity index (χ4v) is 3.41. The van der Waals surface area contributed by atoms with Crippen LogP contribution in [0.1, 0.15) is 17.0 Å². The van der Waals surface area contributed by atoms with Gasteiger partial charge in [-0.1, -0.05) is 36.0 Å². The predicted molar refractivity (Wildman–Crippen MR) is 129 cm³/mol. The molecule has 0 fully saturated rings. The number of H-pyrrole nitrogens is 1. The zero-order valence-corrected chi connectivity index (χ0v) is 19.8. The summed E-state index contributed by atoms with van der Waals surface area (Å²) in [5, 5.41) is 7.29. The lowest BCUT2D eigenvalue weighted by Gasteiger charge is -2.07. The minimum atomic E-state index is -0.375. The molecule has 0 bridgehead atoms. The van der Waals surface area contributed by atoms with Gasteiger partial charge in [0.1, 0.15) is 11.6 Å². The van der Waals surface area contributed by atoms with E-state index in [0.29, 0.717) is 28.2 Å². The minimum Gasteiger partial charge on any atom is -0.497 e. The third-order valence-corrected chi connectivity index (χ3v) is 5.37. The average molecular weight is 484 g/mol. The van der Waals surface area contributed by atoms with Crippen molar-refractivity contribution in [3.05, 3.63) is 59.4 Å². The molecule has 0 spiro atoms. The summed E-state index contributed by atoms with van der Waals surface area (Å²) in [6.45, 7) is 0. The Morgan fingerprint density at radius 3 is 2.38 bits per heavy atom. The van der Waals surface area contributed by atoms with Gasteiger partial charge >= 0.3 is 0 Å². The normalized spacial score (nSPS) is 10.7. The topological polar surface area (TPSA) is 127 Å². The molecule has 0 aliphatic carbocycles. The summed E-state index contributed by atoms with van der Waals surface area (Å²) < 4.78 is 15.6. The third-order valence-electron chi connectivity index (χ3n) is 4.52. The van der Waals surface area contributed by atoms with E-state index in [9.17, 15) is 9.59 Å². The van der Waals surface area contributed by atoms with E-state index in [2.05, 4.69) is 26.0 Å². The van der Waals surface area contributed by atoms with Gasteiger partial charge in [0.05, 0.1) is 33.5 Å². The number of carbonyl (C=O) groups is 2. The van der Waals surface area contributed by atoms with Crippen LogP contribution in [0, 0.1) is 0 Å². The second-order valence-corrected chi connectivity index (χ2v) is 7.80. The Hall–Kier alpha value is -3.99. The van der Waals surface area contributed by atoms with Crippen molar-refractivity contribution in [3.63, 3.8) is 0 Å². The molecule has 0 radical (unpaired) electrons. The summed E-state index contributed by atoms with van der Waals surface area (Å²) in [6.07, 6.45) is 3.74. The molecular weight excluding hydrogens is 458 g/mol. The van der Waals surface area contributed by atoms with Crippen molar-refractivity contribution in [1.29, 1.82) is 0 Å². The number of methoxy groups -OCH3 is 3. The Balaban J connectivity index is 1.42. The summed E-state index contributed by atoms with van der Waals surface area (Å²) in [5.41, 5.74) is 6.48. The van der Waals surface area contributed by atoms with E-state index in [4.69, 9.17) is 14.2 Å². The molecule has 178 valence electrons. The Bertz CT molecular complexity index is 1150. The number of rotatable bonds is 10. The van der Waals surface area contributed by atoms with Gasteiger partial charge in [0, 0.05) is 0 Å². The molecule has 0 saturated heterocycles. The van der Waals surface area contributed by atoms with Crippen molar-refractivity contribution in [2.45, 2.75) is 11.6 Å². The average Bonchev–Trinajstić information content (AvgIpc) is 3.33. The van der Waals surface area contributed by atoms with E-state index < -0.39 is 0 Å². The first kappa shape index (κ1) is 24.6. The van der Waals surface area contributed by atoms with Gasteiger partial charge in [-0.25, -0.2) is 4.98 Å². The lowest BCUT2D eigenvalue weighted by molar-refractivity contribution is -0.127. The van der Waals surface area contributed by atoms with E-state index in [1.165, 1.54) is 0 Å². The second kappa shape index (κ2) is 12.3. The van der Waals surface area contributed by atoms with E-state index in [0.717, 1.165) is 22.9 Å². The molecule has 11 heteroatoms. The van der Waals surface area contributed by atoms with Crippen LogP contribution in [0.5, 0.6) is 17.2 Å². The Kier molecular flexibility index (Phi) is 8.92. The highest BCUT2D eigenvalue weighted by atomic mass is 32.2. The van der Waals surface area contributed by atoms with E-state index in [1.807, 2.05) is 24.3 Å². The zero-order valence-electron chi connectivity index (χ0n) is 19.0. The van der Waals surface area contributed by atoms with Crippen LogP contribution in [0.15, 0.2) is 47.6 Å². The van der Waals surface area contributed by atoms with Gasteiger partial charge in [-0.3, -0.25) is 25.5 Å². The Morgan fingerprint density at radius 2 is 1.68 bits per heavy atom. The monoisotopic (exact) mass is 483 g/mol. The van der Waals surface area contributed by atoms with Gasteiger partial charge in [0.2, 0.25) is 17.0 Å². The number of carbonyl (C=O) groups excluding carboxylic acids is 2. The van der Waals surface area contributed by atoms with Crippen LogP contribution < -0.4 is 25.1 Å². The number of ether oxygens (including phenoxy) is 3. The minimum absolute atomic E-state index is 0.0412. The molecule has 0 unspecified atom stereocenters. The number of nitrogens with one attached hydrogen (secondary N) is 3. The Labute approximate surface area is 201 Å². The van der Waals surface area contributed by atoms with Crippen molar-refractivity contribution in [2.75, 3.05) is 27.1 Å². The fraction of sp³-hybridized carbons (Fsp3) is 0.217. The van der Waals surface area contributed by atoms with Gasteiger partial charge in [-0.05, 0) is 41.5 Å². The number of hydrogen-bond acceptors (Lipinski definition) is 8. The molecular formula is C23H25N5O5S. The lowest BCUT2D eigenvalue weighted by Crippen LogP contribution is -2.43. The molecule has 3 rings (SSSR count). The smallest absolute Gasteiger partial charge is 0.248 e. The Morgan fingerprint density at radius 1 is 0.941 bits per heavy atom. The molecule has 0 aliphatic rings.